The molecule has 0 bridgehead atoms. The van der Waals surface area contributed by atoms with Crippen LogP contribution in [0.15, 0.2) is 15.3 Å². The summed E-state index contributed by atoms with van der Waals surface area (Å²) in [5.74, 6) is -0.960. The highest BCUT2D eigenvalue weighted by Crippen LogP contribution is 2.17. The molecule has 1 aromatic heterocycles. The van der Waals surface area contributed by atoms with Crippen molar-refractivity contribution >= 4 is 11.8 Å². The van der Waals surface area contributed by atoms with Gasteiger partial charge in [0.2, 0.25) is 0 Å². The molecule has 1 N–H and O–H groups in total. The summed E-state index contributed by atoms with van der Waals surface area (Å²) in [7, 11) is 1.29. The minimum absolute atomic E-state index is 0.0678. The predicted molar refractivity (Wildman–Crippen MR) is 66.2 cm³/mol. The van der Waals surface area contributed by atoms with E-state index in [0.29, 0.717) is 12.8 Å². The van der Waals surface area contributed by atoms with Gasteiger partial charge in [0, 0.05) is 18.9 Å². The van der Waals surface area contributed by atoms with Crippen LogP contribution in [0.4, 0.5) is 0 Å². The van der Waals surface area contributed by atoms with Gasteiger partial charge in [0.25, 0.3) is 0 Å². The predicted octanol–water partition coefficient (Wildman–Crippen LogP) is 1.57. The summed E-state index contributed by atoms with van der Waals surface area (Å²) in [5.41, 5.74) is -1.17. The van der Waals surface area contributed by atoms with Gasteiger partial charge in [0.05, 0.1) is 7.11 Å². The van der Waals surface area contributed by atoms with E-state index >= 15 is 0 Å². The summed E-state index contributed by atoms with van der Waals surface area (Å²) in [5, 5.41) is 9.57. The standard InChI is InChI=1S/C13H16O6/c1-8-7-10(15)12(13(17)19-8)9(14)5-3-4-6-11(16)18-2/h7,15H,3-6H2,1-2H3. The fourth-order valence-corrected chi connectivity index (χ4v) is 1.63. The van der Waals surface area contributed by atoms with Crippen LogP contribution in [0.1, 0.15) is 41.8 Å². The van der Waals surface area contributed by atoms with Crippen molar-refractivity contribution in [3.8, 4) is 5.75 Å². The van der Waals surface area contributed by atoms with Crippen LogP contribution in [-0.4, -0.2) is 24.0 Å². The maximum Gasteiger partial charge on any atom is 0.350 e. The molecule has 0 atom stereocenters. The first-order valence-electron chi connectivity index (χ1n) is 5.89. The van der Waals surface area contributed by atoms with E-state index < -0.39 is 11.4 Å². The van der Waals surface area contributed by atoms with Crippen LogP contribution in [0.5, 0.6) is 5.75 Å². The lowest BCUT2D eigenvalue weighted by atomic mass is 10.1. The molecule has 6 nitrogen and oxygen atoms in total. The molecule has 1 aromatic rings. The lowest BCUT2D eigenvalue weighted by Crippen LogP contribution is -2.14. The fraction of sp³-hybridized carbons (Fsp3) is 0.462. The van der Waals surface area contributed by atoms with Crippen LogP contribution in [0, 0.1) is 6.92 Å². The molecule has 1 heterocycles. The Bertz CT molecular complexity index is 528. The van der Waals surface area contributed by atoms with Crippen LogP contribution >= 0.6 is 0 Å². The summed E-state index contributed by atoms with van der Waals surface area (Å²) < 4.78 is 9.23. The normalized spacial score (nSPS) is 10.2. The van der Waals surface area contributed by atoms with E-state index in [4.69, 9.17) is 4.42 Å². The zero-order valence-electron chi connectivity index (χ0n) is 10.9. The Morgan fingerprint density at radius 3 is 2.53 bits per heavy atom. The Morgan fingerprint density at radius 1 is 1.32 bits per heavy atom. The largest absolute Gasteiger partial charge is 0.507 e. The summed E-state index contributed by atoms with van der Waals surface area (Å²) in [6, 6.07) is 1.23. The van der Waals surface area contributed by atoms with Gasteiger partial charge >= 0.3 is 11.6 Å². The van der Waals surface area contributed by atoms with Gasteiger partial charge in [0.1, 0.15) is 17.1 Å². The molecule has 0 saturated carbocycles. The van der Waals surface area contributed by atoms with Gasteiger partial charge < -0.3 is 14.3 Å². The van der Waals surface area contributed by atoms with Gasteiger partial charge in [-0.1, -0.05) is 0 Å². The van der Waals surface area contributed by atoms with Crippen LogP contribution in [0.3, 0.4) is 0 Å². The van der Waals surface area contributed by atoms with Gasteiger partial charge in [-0.2, -0.15) is 0 Å². The molecule has 19 heavy (non-hydrogen) atoms. The van der Waals surface area contributed by atoms with Gasteiger partial charge in [-0.3, -0.25) is 9.59 Å². The van der Waals surface area contributed by atoms with Crippen molar-refractivity contribution in [1.29, 1.82) is 0 Å². The zero-order chi connectivity index (χ0) is 14.4. The first-order chi connectivity index (χ1) is 8.95. The molecule has 104 valence electrons. The van der Waals surface area contributed by atoms with Crippen LogP contribution in [0.25, 0.3) is 0 Å². The number of carbonyl (C=O) groups is 2. The first-order valence-corrected chi connectivity index (χ1v) is 5.89. The summed E-state index contributed by atoms with van der Waals surface area (Å²) in [6.45, 7) is 1.51. The van der Waals surface area contributed by atoms with E-state index in [9.17, 15) is 19.5 Å². The lowest BCUT2D eigenvalue weighted by molar-refractivity contribution is -0.140. The third-order valence-corrected chi connectivity index (χ3v) is 2.60. The SMILES string of the molecule is COC(=O)CCCCC(=O)c1c(O)cc(C)oc1=O. The van der Waals surface area contributed by atoms with Crippen LogP contribution < -0.4 is 5.63 Å². The van der Waals surface area contributed by atoms with Crippen molar-refractivity contribution in [3.63, 3.8) is 0 Å². The molecule has 0 aliphatic heterocycles. The van der Waals surface area contributed by atoms with E-state index in [1.165, 1.54) is 20.1 Å². The Kier molecular flexibility index (Phi) is 5.29. The van der Waals surface area contributed by atoms with E-state index in [1.54, 1.807) is 0 Å². The molecule has 0 radical (unpaired) electrons. The third-order valence-electron chi connectivity index (χ3n) is 2.60. The smallest absolute Gasteiger partial charge is 0.350 e. The maximum atomic E-state index is 11.8. The summed E-state index contributed by atoms with van der Waals surface area (Å²) >= 11 is 0. The second-order valence-electron chi connectivity index (χ2n) is 4.11. The van der Waals surface area contributed by atoms with Gasteiger partial charge in [-0.05, 0) is 19.8 Å². The Balaban J connectivity index is 2.60. The van der Waals surface area contributed by atoms with Crippen LogP contribution in [0.2, 0.25) is 0 Å². The number of aromatic hydroxyl groups is 1. The molecule has 0 unspecified atom stereocenters. The number of unbranched alkanes of at least 4 members (excludes halogenated alkanes) is 1. The Labute approximate surface area is 110 Å². The van der Waals surface area contributed by atoms with Crippen molar-refractivity contribution in [2.75, 3.05) is 7.11 Å². The summed E-state index contributed by atoms with van der Waals surface area (Å²) in [6.07, 6.45) is 1.20. The second-order valence-corrected chi connectivity index (χ2v) is 4.11. The maximum absolute atomic E-state index is 11.8. The first kappa shape index (κ1) is 14.9. The Hall–Kier alpha value is -2.11. The van der Waals surface area contributed by atoms with Crippen molar-refractivity contribution < 1.29 is 23.8 Å². The monoisotopic (exact) mass is 268 g/mol. The molecule has 1 rings (SSSR count). The molecule has 0 aliphatic carbocycles. The number of esters is 1. The molecule has 0 aliphatic rings. The van der Waals surface area contributed by atoms with Crippen molar-refractivity contribution in [3.05, 3.63) is 27.8 Å². The van der Waals surface area contributed by atoms with Gasteiger partial charge in [0.15, 0.2) is 5.78 Å². The van der Waals surface area contributed by atoms with E-state index in [2.05, 4.69) is 4.74 Å². The quantitative estimate of drug-likeness (QED) is 0.478. The number of rotatable bonds is 6. The van der Waals surface area contributed by atoms with Crippen molar-refractivity contribution in [1.82, 2.24) is 0 Å². The number of methoxy groups -OCH3 is 1. The van der Waals surface area contributed by atoms with Crippen LogP contribution in [-0.2, 0) is 9.53 Å². The van der Waals surface area contributed by atoms with E-state index in [1.807, 2.05) is 0 Å². The van der Waals surface area contributed by atoms with Crippen molar-refractivity contribution in [2.45, 2.75) is 32.6 Å². The minimum atomic E-state index is -0.838. The zero-order valence-corrected chi connectivity index (χ0v) is 10.9. The average molecular weight is 268 g/mol. The topological polar surface area (TPSA) is 93.8 Å². The molecule has 0 aromatic carbocycles. The van der Waals surface area contributed by atoms with E-state index in [-0.39, 0.29) is 35.9 Å². The molecule has 6 heteroatoms. The molecular weight excluding hydrogens is 252 g/mol. The summed E-state index contributed by atoms with van der Waals surface area (Å²) in [4.78, 5) is 34.1. The van der Waals surface area contributed by atoms with Gasteiger partial charge in [-0.25, -0.2) is 4.79 Å². The highest BCUT2D eigenvalue weighted by Gasteiger charge is 2.17. The second kappa shape index (κ2) is 6.72. The molecule has 0 fully saturated rings. The molecule has 0 saturated heterocycles. The number of hydrogen-bond acceptors (Lipinski definition) is 6. The van der Waals surface area contributed by atoms with Crippen molar-refractivity contribution in [2.24, 2.45) is 0 Å². The van der Waals surface area contributed by atoms with E-state index in [0.717, 1.165) is 0 Å². The van der Waals surface area contributed by atoms with Gasteiger partial charge in [-0.15, -0.1) is 0 Å². The lowest BCUT2D eigenvalue weighted by Gasteiger charge is -2.03. The number of aryl methyl sites for hydroxylation is 1. The fourth-order valence-electron chi connectivity index (χ4n) is 1.63. The minimum Gasteiger partial charge on any atom is -0.507 e. The Morgan fingerprint density at radius 2 is 1.95 bits per heavy atom. The average Bonchev–Trinajstić information content (AvgIpc) is 2.33. The highest BCUT2D eigenvalue weighted by atomic mass is 16.5. The number of carbonyl (C=O) groups excluding carboxylic acids is 2. The highest BCUT2D eigenvalue weighted by molar-refractivity contribution is 5.98. The number of ether oxygens (including phenoxy) is 1. The molecule has 0 spiro atoms. The third kappa shape index (κ3) is 4.24. The number of ketones is 1. The molecule has 0 amide bonds. The molecular formula is C13H16O6. The number of hydrogen-bond donors (Lipinski definition) is 1. The number of Topliss-reactive ketones (excluding diaryl/α,β-unsaturated/α-hetero) is 1.